The summed E-state index contributed by atoms with van der Waals surface area (Å²) in [5.74, 6) is -0.0126. The third-order valence-electron chi connectivity index (χ3n) is 3.97. The Balaban J connectivity index is 1.89. The van der Waals surface area contributed by atoms with Crippen LogP contribution in [0.25, 0.3) is 11.5 Å². The van der Waals surface area contributed by atoms with Crippen molar-refractivity contribution >= 4 is 23.7 Å². The number of rotatable bonds is 6. The molecule has 2 N–H and O–H groups in total. The number of benzene rings is 1. The van der Waals surface area contributed by atoms with Crippen molar-refractivity contribution in [3.05, 3.63) is 29.8 Å². The third kappa shape index (κ3) is 6.39. The number of hydrogen-bond acceptors (Lipinski definition) is 6. The zero-order chi connectivity index (χ0) is 20.0. The van der Waals surface area contributed by atoms with E-state index < -0.39 is 11.9 Å². The van der Waals surface area contributed by atoms with Crippen molar-refractivity contribution in [1.29, 1.82) is 0 Å². The second-order valence-electron chi connectivity index (χ2n) is 7.32. The first kappa shape index (κ1) is 21.0. The van der Waals surface area contributed by atoms with Crippen LogP contribution >= 0.6 is 11.8 Å². The van der Waals surface area contributed by atoms with E-state index in [0.717, 1.165) is 23.7 Å². The first-order valence-corrected chi connectivity index (χ1v) is 9.85. The lowest BCUT2D eigenvalue weighted by molar-refractivity contribution is -0.117. The van der Waals surface area contributed by atoms with E-state index in [1.807, 2.05) is 38.1 Å². The summed E-state index contributed by atoms with van der Waals surface area (Å²) < 4.78 is 5.59. The number of carbonyl (C=O) groups excluding carboxylic acids is 2. The zero-order valence-corrected chi connectivity index (χ0v) is 17.1. The number of aromatic nitrogens is 2. The highest BCUT2D eigenvalue weighted by Crippen LogP contribution is 2.27. The Morgan fingerprint density at radius 3 is 2.44 bits per heavy atom. The number of nitrogens with one attached hydrogen (secondary N) is 2. The van der Waals surface area contributed by atoms with Crippen molar-refractivity contribution in [3.63, 3.8) is 0 Å². The van der Waals surface area contributed by atoms with Crippen molar-refractivity contribution in [1.82, 2.24) is 20.8 Å². The second-order valence-corrected chi connectivity index (χ2v) is 8.25. The number of urea groups is 1. The van der Waals surface area contributed by atoms with Gasteiger partial charge in [-0.2, -0.15) is 0 Å². The highest BCUT2D eigenvalue weighted by Gasteiger charge is 2.16. The number of nitrogens with zero attached hydrogens (tertiary/aromatic N) is 2. The zero-order valence-electron chi connectivity index (χ0n) is 16.3. The molecular formula is C19H26N4O3S. The average molecular weight is 391 g/mol. The van der Waals surface area contributed by atoms with Crippen LogP contribution in [0.5, 0.6) is 0 Å². The summed E-state index contributed by atoms with van der Waals surface area (Å²) in [4.78, 5) is 23.4. The summed E-state index contributed by atoms with van der Waals surface area (Å²) in [5.41, 5.74) is 2.11. The standard InChI is InChI=1S/C19H26N4O3S/c1-6-12(2)20-17(25)21-15(24)11-27-18-23-22-16(26-18)13-7-9-14(10-8-13)19(3,4)5/h7-10,12H,6,11H2,1-5H3,(H2,20,21,24,25)/t12-/m0/s1. The molecule has 0 spiro atoms. The molecule has 146 valence electrons. The molecule has 0 unspecified atom stereocenters. The van der Waals surface area contributed by atoms with Gasteiger partial charge in [0, 0.05) is 11.6 Å². The molecule has 27 heavy (non-hydrogen) atoms. The largest absolute Gasteiger partial charge is 0.411 e. The molecule has 1 aromatic heterocycles. The van der Waals surface area contributed by atoms with E-state index in [2.05, 4.69) is 41.6 Å². The topological polar surface area (TPSA) is 97.1 Å². The lowest BCUT2D eigenvalue weighted by atomic mass is 9.87. The molecule has 0 aliphatic heterocycles. The summed E-state index contributed by atoms with van der Waals surface area (Å²) in [6.07, 6.45) is 0.790. The SMILES string of the molecule is CC[C@H](C)NC(=O)NC(=O)CSc1nnc(-c2ccc(C(C)(C)C)cc2)o1. The minimum atomic E-state index is -0.500. The Morgan fingerprint density at radius 2 is 1.85 bits per heavy atom. The minimum Gasteiger partial charge on any atom is -0.411 e. The predicted molar refractivity (Wildman–Crippen MR) is 106 cm³/mol. The molecule has 1 heterocycles. The van der Waals surface area contributed by atoms with E-state index in [1.54, 1.807) is 0 Å². The Morgan fingerprint density at radius 1 is 1.19 bits per heavy atom. The Labute approximate surface area is 163 Å². The molecule has 8 heteroatoms. The van der Waals surface area contributed by atoms with Crippen molar-refractivity contribution in [2.75, 3.05) is 5.75 Å². The van der Waals surface area contributed by atoms with Crippen molar-refractivity contribution in [3.8, 4) is 11.5 Å². The van der Waals surface area contributed by atoms with Crippen LogP contribution in [0.15, 0.2) is 33.9 Å². The number of amides is 3. The third-order valence-corrected chi connectivity index (χ3v) is 4.79. The van der Waals surface area contributed by atoms with Crippen molar-refractivity contribution in [2.24, 2.45) is 0 Å². The maximum absolute atomic E-state index is 11.8. The van der Waals surface area contributed by atoms with E-state index in [0.29, 0.717) is 5.89 Å². The average Bonchev–Trinajstić information content (AvgIpc) is 3.08. The fourth-order valence-electron chi connectivity index (χ4n) is 2.15. The fourth-order valence-corrected chi connectivity index (χ4v) is 2.71. The molecule has 0 saturated carbocycles. The van der Waals surface area contributed by atoms with Crippen LogP contribution < -0.4 is 10.6 Å². The van der Waals surface area contributed by atoms with Crippen LogP contribution in [0.2, 0.25) is 0 Å². The van der Waals surface area contributed by atoms with Crippen LogP contribution in [0.3, 0.4) is 0 Å². The molecule has 0 fully saturated rings. The molecule has 0 radical (unpaired) electrons. The highest BCUT2D eigenvalue weighted by atomic mass is 32.2. The van der Waals surface area contributed by atoms with Gasteiger partial charge >= 0.3 is 6.03 Å². The minimum absolute atomic E-state index is 0.00798. The number of carbonyl (C=O) groups is 2. The van der Waals surface area contributed by atoms with Crippen molar-refractivity contribution in [2.45, 2.75) is 57.7 Å². The van der Waals surface area contributed by atoms with Crippen LogP contribution in [0, 0.1) is 0 Å². The normalized spacial score (nSPS) is 12.5. The molecule has 1 aromatic carbocycles. The van der Waals surface area contributed by atoms with Gasteiger partial charge in [0.15, 0.2) is 0 Å². The first-order valence-electron chi connectivity index (χ1n) is 8.86. The molecule has 7 nitrogen and oxygen atoms in total. The van der Waals surface area contributed by atoms with Gasteiger partial charge in [-0.3, -0.25) is 10.1 Å². The van der Waals surface area contributed by atoms with Gasteiger partial charge in [-0.1, -0.05) is 51.6 Å². The molecule has 3 amide bonds. The maximum Gasteiger partial charge on any atom is 0.321 e. The van der Waals surface area contributed by atoms with Crippen LogP contribution in [0.4, 0.5) is 4.79 Å². The van der Waals surface area contributed by atoms with Gasteiger partial charge in [0.2, 0.25) is 11.8 Å². The molecule has 1 atom stereocenters. The number of imide groups is 1. The van der Waals surface area contributed by atoms with Gasteiger partial charge in [0.1, 0.15) is 0 Å². The summed E-state index contributed by atoms with van der Waals surface area (Å²) in [5, 5.41) is 13.2. The van der Waals surface area contributed by atoms with Gasteiger partial charge in [-0.25, -0.2) is 4.79 Å². The van der Waals surface area contributed by atoms with E-state index in [1.165, 1.54) is 5.56 Å². The van der Waals surface area contributed by atoms with E-state index in [9.17, 15) is 9.59 Å². The van der Waals surface area contributed by atoms with E-state index in [4.69, 9.17) is 4.42 Å². The maximum atomic E-state index is 11.8. The van der Waals surface area contributed by atoms with Gasteiger partial charge < -0.3 is 9.73 Å². The van der Waals surface area contributed by atoms with Crippen molar-refractivity contribution < 1.29 is 14.0 Å². The first-order chi connectivity index (χ1) is 12.7. The molecule has 0 aliphatic carbocycles. The molecule has 2 rings (SSSR count). The monoisotopic (exact) mass is 390 g/mol. The lowest BCUT2D eigenvalue weighted by Gasteiger charge is -2.18. The number of hydrogen-bond donors (Lipinski definition) is 2. The second kappa shape index (κ2) is 9.03. The van der Waals surface area contributed by atoms with Crippen LogP contribution in [-0.2, 0) is 10.2 Å². The molecular weight excluding hydrogens is 364 g/mol. The van der Waals surface area contributed by atoms with Crippen LogP contribution in [0.1, 0.15) is 46.6 Å². The summed E-state index contributed by atoms with van der Waals surface area (Å²) in [7, 11) is 0. The van der Waals surface area contributed by atoms with Gasteiger partial charge in [0.25, 0.3) is 5.22 Å². The summed E-state index contributed by atoms with van der Waals surface area (Å²) in [6.45, 7) is 10.3. The molecule has 0 saturated heterocycles. The molecule has 0 bridgehead atoms. The van der Waals surface area contributed by atoms with Gasteiger partial charge in [-0.15, -0.1) is 10.2 Å². The summed E-state index contributed by atoms with van der Waals surface area (Å²) >= 11 is 1.09. The summed E-state index contributed by atoms with van der Waals surface area (Å²) in [6, 6.07) is 7.46. The Hall–Kier alpha value is -2.35. The quantitative estimate of drug-likeness (QED) is 0.729. The van der Waals surface area contributed by atoms with Gasteiger partial charge in [-0.05, 0) is 36.5 Å². The Bertz CT molecular complexity index is 781. The predicted octanol–water partition coefficient (Wildman–Crippen LogP) is 3.75. The van der Waals surface area contributed by atoms with Gasteiger partial charge in [0.05, 0.1) is 5.75 Å². The Kier molecular flexibility index (Phi) is 7.01. The van der Waals surface area contributed by atoms with Crippen LogP contribution in [-0.4, -0.2) is 33.9 Å². The smallest absolute Gasteiger partial charge is 0.321 e. The lowest BCUT2D eigenvalue weighted by Crippen LogP contribution is -2.43. The fraction of sp³-hybridized carbons (Fsp3) is 0.474. The van der Waals surface area contributed by atoms with E-state index >= 15 is 0 Å². The van der Waals surface area contributed by atoms with E-state index in [-0.39, 0.29) is 22.4 Å². The molecule has 0 aliphatic rings. The highest BCUT2D eigenvalue weighted by molar-refractivity contribution is 7.99. The number of thioether (sulfide) groups is 1. The molecule has 2 aromatic rings.